The first-order valence-electron chi connectivity index (χ1n) is 6.78. The zero-order valence-corrected chi connectivity index (χ0v) is 11.9. The Morgan fingerprint density at radius 2 is 2.09 bits per heavy atom. The van der Waals surface area contributed by atoms with E-state index in [-0.39, 0.29) is 12.4 Å². The first-order chi connectivity index (χ1) is 10.6. The van der Waals surface area contributed by atoms with Crippen molar-refractivity contribution in [2.75, 3.05) is 5.32 Å². The lowest BCUT2D eigenvalue weighted by atomic mass is 10.2. The van der Waals surface area contributed by atoms with Crippen molar-refractivity contribution in [3.05, 3.63) is 59.5 Å². The van der Waals surface area contributed by atoms with E-state index in [1.54, 1.807) is 25.1 Å². The Morgan fingerprint density at radius 1 is 1.27 bits per heavy atom. The number of aryl methyl sites for hydroxylation is 1. The Morgan fingerprint density at radius 3 is 2.91 bits per heavy atom. The molecule has 0 spiro atoms. The van der Waals surface area contributed by atoms with Crippen molar-refractivity contribution >= 4 is 22.7 Å². The fourth-order valence-corrected chi connectivity index (χ4v) is 2.08. The van der Waals surface area contributed by atoms with Gasteiger partial charge in [-0.25, -0.2) is 9.18 Å². The molecule has 0 atom stereocenters. The van der Waals surface area contributed by atoms with E-state index in [9.17, 15) is 9.18 Å². The Kier molecular flexibility index (Phi) is 3.74. The molecule has 2 N–H and O–H groups in total. The average Bonchev–Trinajstić information content (AvgIpc) is 2.92. The van der Waals surface area contributed by atoms with E-state index >= 15 is 0 Å². The van der Waals surface area contributed by atoms with Crippen LogP contribution >= 0.6 is 0 Å². The van der Waals surface area contributed by atoms with Crippen LogP contribution in [0.1, 0.15) is 11.3 Å². The molecule has 0 saturated heterocycles. The molecule has 22 heavy (non-hydrogen) atoms. The Labute approximate surface area is 126 Å². The maximum Gasteiger partial charge on any atom is 0.319 e. The van der Waals surface area contributed by atoms with Gasteiger partial charge in [0.25, 0.3) is 0 Å². The van der Waals surface area contributed by atoms with Crippen LogP contribution in [0.5, 0.6) is 0 Å². The van der Waals surface area contributed by atoms with Crippen molar-refractivity contribution in [2.24, 2.45) is 0 Å². The third kappa shape index (κ3) is 2.90. The van der Waals surface area contributed by atoms with Crippen LogP contribution in [0, 0.1) is 12.7 Å². The summed E-state index contributed by atoms with van der Waals surface area (Å²) in [5, 5.41) is 10.0. The molecule has 0 bridgehead atoms. The van der Waals surface area contributed by atoms with Gasteiger partial charge in [0.2, 0.25) is 0 Å². The fourth-order valence-electron chi connectivity index (χ4n) is 2.08. The summed E-state index contributed by atoms with van der Waals surface area (Å²) in [7, 11) is 0. The zero-order valence-electron chi connectivity index (χ0n) is 11.9. The van der Waals surface area contributed by atoms with Crippen LogP contribution in [0.15, 0.2) is 47.0 Å². The molecule has 112 valence electrons. The van der Waals surface area contributed by atoms with Gasteiger partial charge in [-0.3, -0.25) is 0 Å². The third-order valence-corrected chi connectivity index (χ3v) is 3.30. The predicted octanol–water partition coefficient (Wildman–Crippen LogP) is 3.60. The number of amides is 2. The van der Waals surface area contributed by atoms with Gasteiger partial charge in [-0.05, 0) is 36.8 Å². The molecule has 0 aliphatic carbocycles. The zero-order chi connectivity index (χ0) is 15.5. The molecule has 3 rings (SSSR count). The molecular weight excluding hydrogens is 285 g/mol. The lowest BCUT2D eigenvalue weighted by molar-refractivity contribution is 0.251. The first-order valence-corrected chi connectivity index (χ1v) is 6.78. The minimum absolute atomic E-state index is 0.219. The molecule has 1 aromatic heterocycles. The number of nitrogens with one attached hydrogen (secondary N) is 2. The number of aromatic nitrogens is 1. The number of hydrogen-bond donors (Lipinski definition) is 2. The first kappa shape index (κ1) is 14.1. The van der Waals surface area contributed by atoms with Crippen molar-refractivity contribution in [3.8, 4) is 0 Å². The highest BCUT2D eigenvalue weighted by Crippen LogP contribution is 2.17. The van der Waals surface area contributed by atoms with E-state index in [0.29, 0.717) is 22.5 Å². The van der Waals surface area contributed by atoms with Gasteiger partial charge in [-0.1, -0.05) is 23.4 Å². The van der Waals surface area contributed by atoms with Gasteiger partial charge in [0.15, 0.2) is 5.58 Å². The highest BCUT2D eigenvalue weighted by atomic mass is 19.1. The normalized spacial score (nSPS) is 10.6. The number of fused-ring (bicyclic) bond motifs is 1. The molecule has 2 amide bonds. The van der Waals surface area contributed by atoms with Gasteiger partial charge in [-0.15, -0.1) is 0 Å². The van der Waals surface area contributed by atoms with Crippen LogP contribution < -0.4 is 10.6 Å². The van der Waals surface area contributed by atoms with E-state index in [4.69, 9.17) is 4.52 Å². The van der Waals surface area contributed by atoms with E-state index in [1.165, 1.54) is 6.07 Å². The van der Waals surface area contributed by atoms with Gasteiger partial charge in [0.05, 0.1) is 6.54 Å². The van der Waals surface area contributed by atoms with Crippen LogP contribution in [-0.2, 0) is 6.54 Å². The van der Waals surface area contributed by atoms with Crippen LogP contribution in [0.3, 0.4) is 0 Å². The topological polar surface area (TPSA) is 67.2 Å². The molecular formula is C16H14FN3O2. The highest BCUT2D eigenvalue weighted by Gasteiger charge is 2.09. The summed E-state index contributed by atoms with van der Waals surface area (Å²) in [6, 6.07) is 11.5. The average molecular weight is 299 g/mol. The summed E-state index contributed by atoms with van der Waals surface area (Å²) < 4.78 is 18.6. The van der Waals surface area contributed by atoms with Gasteiger partial charge < -0.3 is 15.2 Å². The summed E-state index contributed by atoms with van der Waals surface area (Å²) >= 11 is 0. The lowest BCUT2D eigenvalue weighted by Crippen LogP contribution is -2.28. The molecule has 1 heterocycles. The second kappa shape index (κ2) is 5.85. The molecule has 0 saturated carbocycles. The second-order valence-electron chi connectivity index (χ2n) is 4.90. The molecule has 3 aromatic rings. The number of carbonyl (C=O) groups excluding carboxylic acids is 1. The SMILES string of the molecule is Cc1ccc(NC(=O)NCc2noc3ccccc23)cc1F. The van der Waals surface area contributed by atoms with Crippen molar-refractivity contribution in [1.82, 2.24) is 10.5 Å². The van der Waals surface area contributed by atoms with Crippen LogP contribution in [0.2, 0.25) is 0 Å². The number of carbonyl (C=O) groups is 1. The minimum Gasteiger partial charge on any atom is -0.356 e. The molecule has 5 nitrogen and oxygen atoms in total. The van der Waals surface area contributed by atoms with Crippen molar-refractivity contribution in [3.63, 3.8) is 0 Å². The number of urea groups is 1. The number of benzene rings is 2. The Bertz CT molecular complexity index is 829. The van der Waals surface area contributed by atoms with Crippen LogP contribution in [0.25, 0.3) is 11.0 Å². The Balaban J connectivity index is 1.63. The molecule has 6 heteroatoms. The molecule has 0 aliphatic rings. The maximum atomic E-state index is 13.4. The van der Waals surface area contributed by atoms with Gasteiger partial charge in [0, 0.05) is 11.1 Å². The standard InChI is InChI=1S/C16H14FN3O2/c1-10-6-7-11(8-13(10)17)19-16(21)18-9-14-12-4-2-3-5-15(12)22-20-14/h2-8H,9H2,1H3,(H2,18,19,21). The number of rotatable bonds is 3. The van der Waals surface area contributed by atoms with Crippen molar-refractivity contribution in [1.29, 1.82) is 0 Å². The molecule has 2 aromatic carbocycles. The predicted molar refractivity (Wildman–Crippen MR) is 81.0 cm³/mol. The van der Waals surface area contributed by atoms with E-state index in [1.807, 2.05) is 18.2 Å². The summed E-state index contributed by atoms with van der Waals surface area (Å²) in [6.45, 7) is 1.88. The van der Waals surface area contributed by atoms with E-state index < -0.39 is 6.03 Å². The fraction of sp³-hybridized carbons (Fsp3) is 0.125. The minimum atomic E-state index is -0.435. The number of hydrogen-bond acceptors (Lipinski definition) is 3. The number of anilines is 1. The number of nitrogens with zero attached hydrogens (tertiary/aromatic N) is 1. The smallest absolute Gasteiger partial charge is 0.319 e. The van der Waals surface area contributed by atoms with Gasteiger partial charge >= 0.3 is 6.03 Å². The Hall–Kier alpha value is -2.89. The third-order valence-electron chi connectivity index (χ3n) is 3.30. The van der Waals surface area contributed by atoms with Crippen molar-refractivity contribution in [2.45, 2.75) is 13.5 Å². The number of para-hydroxylation sites is 1. The van der Waals surface area contributed by atoms with Crippen molar-refractivity contribution < 1.29 is 13.7 Å². The second-order valence-corrected chi connectivity index (χ2v) is 4.90. The lowest BCUT2D eigenvalue weighted by Gasteiger charge is -2.07. The number of halogens is 1. The molecule has 0 fully saturated rings. The van der Waals surface area contributed by atoms with Gasteiger partial charge in [0.1, 0.15) is 11.5 Å². The van der Waals surface area contributed by atoms with E-state index in [0.717, 1.165) is 5.39 Å². The summed E-state index contributed by atoms with van der Waals surface area (Å²) in [5.74, 6) is -0.361. The largest absolute Gasteiger partial charge is 0.356 e. The monoisotopic (exact) mass is 299 g/mol. The quantitative estimate of drug-likeness (QED) is 0.776. The molecule has 0 radical (unpaired) electrons. The summed E-state index contributed by atoms with van der Waals surface area (Å²) in [5.41, 5.74) is 2.23. The molecule has 0 aliphatic heterocycles. The molecule has 0 unspecified atom stereocenters. The highest BCUT2D eigenvalue weighted by molar-refractivity contribution is 5.89. The van der Waals surface area contributed by atoms with Gasteiger partial charge in [-0.2, -0.15) is 0 Å². The van der Waals surface area contributed by atoms with Crippen LogP contribution in [0.4, 0.5) is 14.9 Å². The summed E-state index contributed by atoms with van der Waals surface area (Å²) in [4.78, 5) is 11.8. The van der Waals surface area contributed by atoms with E-state index in [2.05, 4.69) is 15.8 Å². The summed E-state index contributed by atoms with van der Waals surface area (Å²) in [6.07, 6.45) is 0. The van der Waals surface area contributed by atoms with Crippen LogP contribution in [-0.4, -0.2) is 11.2 Å². The maximum absolute atomic E-state index is 13.4.